The van der Waals surface area contributed by atoms with Crippen LogP contribution in [0.3, 0.4) is 0 Å². The number of nitrogens with one attached hydrogen (secondary N) is 2. The average Bonchev–Trinajstić information content (AvgIpc) is 2.44. The van der Waals surface area contributed by atoms with Crippen LogP contribution in [0, 0.1) is 0 Å². The van der Waals surface area contributed by atoms with Crippen LogP contribution in [0.2, 0.25) is 0 Å². The summed E-state index contributed by atoms with van der Waals surface area (Å²) in [4.78, 5) is 23.1. The molecule has 1 amide bonds. The maximum absolute atomic E-state index is 12.2. The fourth-order valence-corrected chi connectivity index (χ4v) is 1.69. The Kier molecular flexibility index (Phi) is 6.15. The van der Waals surface area contributed by atoms with Gasteiger partial charge in [0, 0.05) is 0 Å². The Morgan fingerprint density at radius 2 is 1.89 bits per heavy atom. The van der Waals surface area contributed by atoms with Gasteiger partial charge < -0.3 is 10.6 Å². The Morgan fingerprint density at radius 3 is 2.42 bits per heavy atom. The third-order valence-electron chi connectivity index (χ3n) is 2.92. The smallest absolute Gasteiger partial charge is 0.238 e. The molecule has 0 saturated carbocycles. The molecule has 0 spiro atoms. The van der Waals surface area contributed by atoms with Crippen LogP contribution in [0.15, 0.2) is 30.3 Å². The van der Waals surface area contributed by atoms with Crippen molar-refractivity contribution < 1.29 is 14.0 Å². The van der Waals surface area contributed by atoms with E-state index >= 15 is 0 Å². The van der Waals surface area contributed by atoms with E-state index in [1.807, 2.05) is 30.3 Å². The summed E-state index contributed by atoms with van der Waals surface area (Å²) < 4.78 is 12.2. The van der Waals surface area contributed by atoms with Crippen LogP contribution in [-0.4, -0.2) is 37.5 Å². The lowest BCUT2D eigenvalue weighted by atomic mass is 10.0. The maximum Gasteiger partial charge on any atom is 0.238 e. The fraction of sp³-hybridized carbons (Fsp3) is 0.429. The van der Waals surface area contributed by atoms with Gasteiger partial charge >= 0.3 is 0 Å². The molecule has 0 aliphatic heterocycles. The largest absolute Gasteiger partial charge is 0.345 e. The van der Waals surface area contributed by atoms with E-state index in [-0.39, 0.29) is 5.91 Å². The number of hydrogen-bond acceptors (Lipinski definition) is 3. The minimum absolute atomic E-state index is 0.305. The fourth-order valence-electron chi connectivity index (χ4n) is 1.69. The molecule has 0 radical (unpaired) electrons. The second-order valence-electron chi connectivity index (χ2n) is 4.36. The van der Waals surface area contributed by atoms with Crippen molar-refractivity contribution >= 4 is 11.7 Å². The van der Waals surface area contributed by atoms with Crippen molar-refractivity contribution in [1.82, 2.24) is 10.6 Å². The molecule has 2 N–H and O–H groups in total. The molecular formula is C14H19FN2O2. The molecule has 0 fully saturated rings. The number of carbonyl (C=O) groups is 2. The predicted molar refractivity (Wildman–Crippen MR) is 71.6 cm³/mol. The molecule has 1 aromatic rings. The Morgan fingerprint density at radius 1 is 1.26 bits per heavy atom. The first-order chi connectivity index (χ1) is 9.08. The minimum Gasteiger partial charge on any atom is -0.345 e. The van der Waals surface area contributed by atoms with Gasteiger partial charge in [0.05, 0.1) is 12.1 Å². The van der Waals surface area contributed by atoms with Crippen LogP contribution < -0.4 is 10.6 Å². The van der Waals surface area contributed by atoms with Crippen LogP contribution in [0.4, 0.5) is 4.39 Å². The summed E-state index contributed by atoms with van der Waals surface area (Å²) in [5.74, 6) is -0.927. The lowest BCUT2D eigenvalue weighted by Crippen LogP contribution is -2.49. The first-order valence-electron chi connectivity index (χ1n) is 6.18. The summed E-state index contributed by atoms with van der Waals surface area (Å²) in [5, 5.41) is 5.41. The van der Waals surface area contributed by atoms with Crippen LogP contribution in [0.1, 0.15) is 12.5 Å². The van der Waals surface area contributed by atoms with Gasteiger partial charge in [0.1, 0.15) is 6.67 Å². The number of alkyl halides is 1. The number of amides is 1. The molecule has 1 rings (SSSR count). The van der Waals surface area contributed by atoms with Crippen molar-refractivity contribution in [3.63, 3.8) is 0 Å². The second kappa shape index (κ2) is 7.63. The van der Waals surface area contributed by atoms with Gasteiger partial charge in [0.25, 0.3) is 0 Å². The molecule has 4 nitrogen and oxygen atoms in total. The van der Waals surface area contributed by atoms with Gasteiger partial charge in [0.2, 0.25) is 5.91 Å². The lowest BCUT2D eigenvalue weighted by Gasteiger charge is -2.18. The summed E-state index contributed by atoms with van der Waals surface area (Å²) in [6.45, 7) is 0.416. The summed E-state index contributed by atoms with van der Waals surface area (Å²) in [6, 6.07) is 8.30. The zero-order valence-corrected chi connectivity index (χ0v) is 11.2. The molecule has 104 valence electrons. The van der Waals surface area contributed by atoms with E-state index in [9.17, 15) is 14.0 Å². The number of hydrogen-bond donors (Lipinski definition) is 2. The highest BCUT2D eigenvalue weighted by atomic mass is 19.1. The van der Waals surface area contributed by atoms with Crippen LogP contribution >= 0.6 is 0 Å². The first kappa shape index (κ1) is 15.3. The van der Waals surface area contributed by atoms with E-state index in [4.69, 9.17) is 0 Å². The standard InChI is InChI=1S/C14H19FN2O2/c1-10(13(18)9-15)17-14(19)12(16-2)8-11-6-4-3-5-7-11/h3-7,10,12,16H,8-9H2,1-2H3,(H,17,19)/t10-,12?/m0/s1. The van der Waals surface area contributed by atoms with E-state index in [1.54, 1.807) is 7.05 Å². The zero-order chi connectivity index (χ0) is 14.3. The number of ketones is 1. The Balaban J connectivity index is 2.60. The first-order valence-corrected chi connectivity index (χ1v) is 6.18. The molecule has 0 aromatic heterocycles. The molecule has 1 aromatic carbocycles. The summed E-state index contributed by atoms with van der Waals surface area (Å²) >= 11 is 0. The molecule has 5 heteroatoms. The number of benzene rings is 1. The highest BCUT2D eigenvalue weighted by Crippen LogP contribution is 2.03. The summed E-state index contributed by atoms with van der Waals surface area (Å²) in [7, 11) is 1.68. The Labute approximate surface area is 112 Å². The van der Waals surface area contributed by atoms with Gasteiger partial charge in [-0.1, -0.05) is 30.3 Å². The number of carbonyl (C=O) groups excluding carboxylic acids is 2. The SMILES string of the molecule is CNC(Cc1ccccc1)C(=O)N[C@@H](C)C(=O)CF. The minimum atomic E-state index is -1.07. The highest BCUT2D eigenvalue weighted by molar-refractivity contribution is 5.91. The van der Waals surface area contributed by atoms with Gasteiger partial charge in [-0.05, 0) is 26.0 Å². The Hall–Kier alpha value is -1.75. The van der Waals surface area contributed by atoms with Crippen LogP contribution in [-0.2, 0) is 16.0 Å². The van der Waals surface area contributed by atoms with E-state index in [0.717, 1.165) is 5.56 Å². The maximum atomic E-state index is 12.2. The van der Waals surface area contributed by atoms with E-state index in [1.165, 1.54) is 6.92 Å². The Bertz CT molecular complexity index is 423. The molecule has 0 aliphatic rings. The van der Waals surface area contributed by atoms with Crippen LogP contribution in [0.25, 0.3) is 0 Å². The normalized spacial score (nSPS) is 13.6. The summed E-state index contributed by atoms with van der Waals surface area (Å²) in [6.07, 6.45) is 0.514. The topological polar surface area (TPSA) is 58.2 Å². The van der Waals surface area contributed by atoms with Gasteiger partial charge in [-0.25, -0.2) is 4.39 Å². The molecule has 0 bridgehead atoms. The van der Waals surface area contributed by atoms with Crippen molar-refractivity contribution in [3.05, 3.63) is 35.9 Å². The quantitative estimate of drug-likeness (QED) is 0.769. The molecule has 2 atom stereocenters. The monoisotopic (exact) mass is 266 g/mol. The third-order valence-corrected chi connectivity index (χ3v) is 2.92. The number of halogens is 1. The van der Waals surface area contributed by atoms with Crippen molar-refractivity contribution in [2.75, 3.05) is 13.7 Å². The van der Waals surface area contributed by atoms with Crippen molar-refractivity contribution in [2.24, 2.45) is 0 Å². The van der Waals surface area contributed by atoms with Gasteiger partial charge in [-0.2, -0.15) is 0 Å². The zero-order valence-electron chi connectivity index (χ0n) is 11.2. The highest BCUT2D eigenvalue weighted by Gasteiger charge is 2.21. The van der Waals surface area contributed by atoms with Crippen LogP contribution in [0.5, 0.6) is 0 Å². The van der Waals surface area contributed by atoms with E-state index < -0.39 is 24.5 Å². The van der Waals surface area contributed by atoms with Crippen molar-refractivity contribution in [2.45, 2.75) is 25.4 Å². The van der Waals surface area contributed by atoms with E-state index in [2.05, 4.69) is 10.6 Å². The third kappa shape index (κ3) is 4.79. The number of likely N-dealkylation sites (N-methyl/N-ethyl adjacent to an activating group) is 1. The molecule has 19 heavy (non-hydrogen) atoms. The second-order valence-corrected chi connectivity index (χ2v) is 4.36. The average molecular weight is 266 g/mol. The molecule has 0 aliphatic carbocycles. The molecule has 0 heterocycles. The molecule has 0 saturated heterocycles. The lowest BCUT2D eigenvalue weighted by molar-refractivity contribution is -0.128. The van der Waals surface area contributed by atoms with Crippen molar-refractivity contribution in [1.29, 1.82) is 0 Å². The summed E-state index contributed by atoms with van der Waals surface area (Å²) in [5.41, 5.74) is 1.02. The predicted octanol–water partition coefficient (Wildman–Crippen LogP) is 0.860. The van der Waals surface area contributed by atoms with E-state index in [0.29, 0.717) is 6.42 Å². The van der Waals surface area contributed by atoms with Gasteiger partial charge in [-0.3, -0.25) is 9.59 Å². The van der Waals surface area contributed by atoms with Gasteiger partial charge in [-0.15, -0.1) is 0 Å². The number of Topliss-reactive ketones (excluding diaryl/α,β-unsaturated/α-hetero) is 1. The number of rotatable bonds is 7. The van der Waals surface area contributed by atoms with Gasteiger partial charge in [0.15, 0.2) is 5.78 Å². The van der Waals surface area contributed by atoms with Crippen molar-refractivity contribution in [3.8, 4) is 0 Å². The molecule has 1 unspecified atom stereocenters. The molecular weight excluding hydrogens is 247 g/mol.